The summed E-state index contributed by atoms with van der Waals surface area (Å²) in [5.41, 5.74) is 0.842. The highest BCUT2D eigenvalue weighted by molar-refractivity contribution is 7.07. The third-order valence-corrected chi connectivity index (χ3v) is 4.48. The predicted octanol–water partition coefficient (Wildman–Crippen LogP) is 2.57. The molecule has 0 spiro atoms. The van der Waals surface area contributed by atoms with E-state index in [0.717, 1.165) is 5.56 Å². The van der Waals surface area contributed by atoms with Crippen LogP contribution in [0, 0.1) is 5.41 Å². The molecular formula is C15H22N2O2S. The van der Waals surface area contributed by atoms with Gasteiger partial charge in [-0.3, -0.25) is 9.59 Å². The van der Waals surface area contributed by atoms with Gasteiger partial charge in [0.05, 0.1) is 6.04 Å². The van der Waals surface area contributed by atoms with Gasteiger partial charge in [0, 0.05) is 13.0 Å². The van der Waals surface area contributed by atoms with Crippen molar-refractivity contribution in [3.63, 3.8) is 0 Å². The zero-order valence-electron chi connectivity index (χ0n) is 12.5. The summed E-state index contributed by atoms with van der Waals surface area (Å²) in [6.45, 7) is 8.45. The number of nitrogens with zero attached hydrogens (tertiary/aromatic N) is 1. The number of hydrogen-bond donors (Lipinski definition) is 1. The summed E-state index contributed by atoms with van der Waals surface area (Å²) in [5, 5.41) is 6.94. The van der Waals surface area contributed by atoms with Gasteiger partial charge in [-0.2, -0.15) is 11.3 Å². The van der Waals surface area contributed by atoms with Crippen LogP contribution in [-0.2, 0) is 9.59 Å². The number of carbonyl (C=O) groups excluding carboxylic acids is 2. The van der Waals surface area contributed by atoms with Gasteiger partial charge >= 0.3 is 0 Å². The van der Waals surface area contributed by atoms with Crippen LogP contribution in [0.15, 0.2) is 16.8 Å². The van der Waals surface area contributed by atoms with E-state index >= 15 is 0 Å². The summed E-state index contributed by atoms with van der Waals surface area (Å²) in [6, 6.07) is 1.58. The quantitative estimate of drug-likeness (QED) is 0.911. The number of thiophene rings is 1. The van der Waals surface area contributed by atoms with Crippen LogP contribution in [0.1, 0.15) is 45.7 Å². The molecule has 0 radical (unpaired) electrons. The number of amides is 2. The van der Waals surface area contributed by atoms with Gasteiger partial charge in [0.25, 0.3) is 0 Å². The molecule has 2 atom stereocenters. The molecule has 1 aromatic rings. The molecule has 0 bridgehead atoms. The van der Waals surface area contributed by atoms with Crippen molar-refractivity contribution in [3.8, 4) is 0 Å². The van der Waals surface area contributed by atoms with Crippen molar-refractivity contribution in [1.82, 2.24) is 10.2 Å². The molecule has 110 valence electrons. The van der Waals surface area contributed by atoms with Crippen LogP contribution in [-0.4, -0.2) is 29.3 Å². The van der Waals surface area contributed by atoms with Crippen LogP contribution >= 0.6 is 11.3 Å². The lowest BCUT2D eigenvalue weighted by Gasteiger charge is -2.35. The maximum atomic E-state index is 12.8. The highest BCUT2D eigenvalue weighted by atomic mass is 32.1. The molecule has 2 unspecified atom stereocenters. The molecule has 1 N–H and O–H groups in total. The molecule has 0 saturated carbocycles. The fourth-order valence-corrected chi connectivity index (χ4v) is 3.20. The van der Waals surface area contributed by atoms with Crippen molar-refractivity contribution < 1.29 is 9.59 Å². The first-order valence-electron chi connectivity index (χ1n) is 6.92. The fourth-order valence-electron chi connectivity index (χ4n) is 2.46. The molecule has 1 aliphatic rings. The number of hydrogen-bond acceptors (Lipinski definition) is 3. The van der Waals surface area contributed by atoms with Crippen LogP contribution in [0.5, 0.6) is 0 Å². The Balaban J connectivity index is 2.28. The third kappa shape index (κ3) is 3.03. The second kappa shape index (κ2) is 5.56. The van der Waals surface area contributed by atoms with Crippen LogP contribution in [0.3, 0.4) is 0 Å². The first-order chi connectivity index (χ1) is 9.30. The molecule has 2 rings (SSSR count). The van der Waals surface area contributed by atoms with Crippen molar-refractivity contribution in [2.75, 3.05) is 6.54 Å². The lowest BCUT2D eigenvalue weighted by molar-refractivity contribution is -0.138. The van der Waals surface area contributed by atoms with Crippen LogP contribution < -0.4 is 5.32 Å². The summed E-state index contributed by atoms with van der Waals surface area (Å²) in [4.78, 5) is 26.5. The fraction of sp³-hybridized carbons (Fsp3) is 0.600. The zero-order chi connectivity index (χ0) is 14.9. The SMILES string of the molecule is CC(c1ccsc1)N1CCC(=O)NC(C(C)(C)C)C1=O. The Labute approximate surface area is 124 Å². The van der Waals surface area contributed by atoms with E-state index in [9.17, 15) is 9.59 Å². The molecule has 1 saturated heterocycles. The summed E-state index contributed by atoms with van der Waals surface area (Å²) in [7, 11) is 0. The predicted molar refractivity (Wildman–Crippen MR) is 80.4 cm³/mol. The maximum absolute atomic E-state index is 12.8. The van der Waals surface area contributed by atoms with Crippen molar-refractivity contribution >= 4 is 23.2 Å². The Morgan fingerprint density at radius 1 is 1.40 bits per heavy atom. The Bertz CT molecular complexity index is 490. The van der Waals surface area contributed by atoms with E-state index in [4.69, 9.17) is 0 Å². The molecule has 1 fully saturated rings. The van der Waals surface area contributed by atoms with Gasteiger partial charge < -0.3 is 10.2 Å². The molecule has 2 amide bonds. The Hall–Kier alpha value is -1.36. The molecule has 4 nitrogen and oxygen atoms in total. The van der Waals surface area contributed by atoms with Gasteiger partial charge in [0.2, 0.25) is 11.8 Å². The van der Waals surface area contributed by atoms with E-state index in [0.29, 0.717) is 13.0 Å². The number of rotatable bonds is 2. The molecule has 0 aliphatic carbocycles. The summed E-state index contributed by atoms with van der Waals surface area (Å²) in [6.07, 6.45) is 0.368. The standard InChI is InChI=1S/C15H22N2O2S/c1-10(11-6-8-20-9-11)17-7-5-12(18)16-13(14(17)19)15(2,3)4/h6,8-10,13H,5,7H2,1-4H3,(H,16,18). The minimum Gasteiger partial charge on any atom is -0.344 e. The Morgan fingerprint density at radius 2 is 2.10 bits per heavy atom. The second-order valence-electron chi connectivity index (χ2n) is 6.38. The summed E-state index contributed by atoms with van der Waals surface area (Å²) in [5.74, 6) is -0.0275. The highest BCUT2D eigenvalue weighted by Gasteiger charge is 2.39. The largest absolute Gasteiger partial charge is 0.344 e. The van der Waals surface area contributed by atoms with Crippen LogP contribution in [0.25, 0.3) is 0 Å². The minimum atomic E-state index is -0.460. The van der Waals surface area contributed by atoms with E-state index < -0.39 is 6.04 Å². The third-order valence-electron chi connectivity index (χ3n) is 3.77. The molecule has 1 aliphatic heterocycles. The molecular weight excluding hydrogens is 272 g/mol. The van der Waals surface area contributed by atoms with Gasteiger partial charge in [-0.1, -0.05) is 20.8 Å². The van der Waals surface area contributed by atoms with Gasteiger partial charge in [-0.15, -0.1) is 0 Å². The lowest BCUT2D eigenvalue weighted by atomic mass is 9.85. The van der Waals surface area contributed by atoms with Gasteiger partial charge in [-0.05, 0) is 34.7 Å². The van der Waals surface area contributed by atoms with E-state index in [1.54, 1.807) is 11.3 Å². The van der Waals surface area contributed by atoms with Gasteiger partial charge in [0.15, 0.2) is 0 Å². The summed E-state index contributed by atoms with van der Waals surface area (Å²) < 4.78 is 0. The van der Waals surface area contributed by atoms with Crippen LogP contribution in [0.4, 0.5) is 0 Å². The van der Waals surface area contributed by atoms with E-state index in [1.807, 2.05) is 44.0 Å². The summed E-state index contributed by atoms with van der Waals surface area (Å²) >= 11 is 1.62. The van der Waals surface area contributed by atoms with Crippen molar-refractivity contribution in [3.05, 3.63) is 22.4 Å². The maximum Gasteiger partial charge on any atom is 0.246 e. The zero-order valence-corrected chi connectivity index (χ0v) is 13.3. The number of carbonyl (C=O) groups is 2. The average Bonchev–Trinajstić information content (AvgIpc) is 2.83. The topological polar surface area (TPSA) is 49.4 Å². The first kappa shape index (κ1) is 15.0. The molecule has 5 heteroatoms. The van der Waals surface area contributed by atoms with Crippen molar-refractivity contribution in [2.45, 2.75) is 46.2 Å². The Morgan fingerprint density at radius 3 is 2.65 bits per heavy atom. The molecule has 1 aromatic heterocycles. The van der Waals surface area contributed by atoms with Crippen molar-refractivity contribution in [2.24, 2.45) is 5.41 Å². The molecule has 2 heterocycles. The van der Waals surface area contributed by atoms with Gasteiger partial charge in [-0.25, -0.2) is 0 Å². The minimum absolute atomic E-state index is 0.00583. The van der Waals surface area contributed by atoms with E-state index in [-0.39, 0.29) is 23.3 Å². The smallest absolute Gasteiger partial charge is 0.246 e. The highest BCUT2D eigenvalue weighted by Crippen LogP contribution is 2.29. The first-order valence-corrected chi connectivity index (χ1v) is 7.87. The number of nitrogens with one attached hydrogen (secondary N) is 1. The monoisotopic (exact) mass is 294 g/mol. The van der Waals surface area contributed by atoms with Crippen LogP contribution in [0.2, 0.25) is 0 Å². The average molecular weight is 294 g/mol. The van der Waals surface area contributed by atoms with E-state index in [2.05, 4.69) is 10.7 Å². The molecule has 0 aromatic carbocycles. The molecule has 20 heavy (non-hydrogen) atoms. The second-order valence-corrected chi connectivity index (χ2v) is 7.16. The van der Waals surface area contributed by atoms with E-state index in [1.165, 1.54) is 0 Å². The van der Waals surface area contributed by atoms with Gasteiger partial charge in [0.1, 0.15) is 6.04 Å². The lowest BCUT2D eigenvalue weighted by Crippen LogP contribution is -2.52. The Kier molecular flexibility index (Phi) is 4.18. The van der Waals surface area contributed by atoms with Crippen molar-refractivity contribution in [1.29, 1.82) is 0 Å². The normalized spacial score (nSPS) is 22.4.